The van der Waals surface area contributed by atoms with E-state index < -0.39 is 0 Å². The number of aryl methyl sites for hydroxylation is 1. The first kappa shape index (κ1) is 25.0. The van der Waals surface area contributed by atoms with Crippen LogP contribution in [0.1, 0.15) is 35.4 Å². The Hall–Kier alpha value is -2.30. The van der Waals surface area contributed by atoms with E-state index in [0.717, 1.165) is 49.6 Å². The van der Waals surface area contributed by atoms with Gasteiger partial charge in [-0.3, -0.25) is 9.79 Å². The van der Waals surface area contributed by atoms with E-state index >= 15 is 0 Å². The zero-order valence-electron chi connectivity index (χ0n) is 18.0. The van der Waals surface area contributed by atoms with E-state index in [1.807, 2.05) is 13.0 Å². The van der Waals surface area contributed by atoms with Crippen LogP contribution in [0.5, 0.6) is 0 Å². The molecule has 0 radical (unpaired) electrons. The van der Waals surface area contributed by atoms with Gasteiger partial charge in [0.1, 0.15) is 5.82 Å². The SMILES string of the molecule is CN=C(NCCCNC(=O)c1occc1C)NC1CCCN(c2cccc(F)c2)C1.I. The van der Waals surface area contributed by atoms with Crippen LogP contribution in [-0.2, 0) is 0 Å². The smallest absolute Gasteiger partial charge is 0.287 e. The van der Waals surface area contributed by atoms with Crippen molar-refractivity contribution in [2.24, 2.45) is 4.99 Å². The van der Waals surface area contributed by atoms with Crippen LogP contribution < -0.4 is 20.9 Å². The summed E-state index contributed by atoms with van der Waals surface area (Å²) in [5.74, 6) is 0.684. The van der Waals surface area contributed by atoms with Gasteiger partial charge in [0.05, 0.1) is 6.26 Å². The van der Waals surface area contributed by atoms with Gasteiger partial charge in [-0.2, -0.15) is 0 Å². The third kappa shape index (κ3) is 7.41. The van der Waals surface area contributed by atoms with Crippen molar-refractivity contribution in [3.05, 3.63) is 53.7 Å². The lowest BCUT2D eigenvalue weighted by Gasteiger charge is -2.35. The molecule has 3 rings (SSSR count). The molecule has 1 aliphatic heterocycles. The molecule has 9 heteroatoms. The lowest BCUT2D eigenvalue weighted by Crippen LogP contribution is -2.51. The maximum absolute atomic E-state index is 13.5. The highest BCUT2D eigenvalue weighted by atomic mass is 127. The molecule has 2 aromatic rings. The summed E-state index contributed by atoms with van der Waals surface area (Å²) < 4.78 is 18.7. The molecule has 170 valence electrons. The number of benzene rings is 1. The molecule has 1 saturated heterocycles. The second-order valence-corrected chi connectivity index (χ2v) is 7.45. The molecule has 0 spiro atoms. The summed E-state index contributed by atoms with van der Waals surface area (Å²) in [6, 6.07) is 8.73. The van der Waals surface area contributed by atoms with Gasteiger partial charge in [-0.15, -0.1) is 24.0 Å². The molecule has 1 unspecified atom stereocenters. The fraction of sp³-hybridized carbons (Fsp3) is 0.455. The number of carbonyl (C=O) groups is 1. The number of furan rings is 1. The molecule has 1 atom stereocenters. The maximum atomic E-state index is 13.5. The van der Waals surface area contributed by atoms with Crippen LogP contribution in [0.3, 0.4) is 0 Å². The number of nitrogens with zero attached hydrogens (tertiary/aromatic N) is 2. The Kier molecular flexibility index (Phi) is 10.1. The van der Waals surface area contributed by atoms with Crippen molar-refractivity contribution in [1.82, 2.24) is 16.0 Å². The minimum atomic E-state index is -0.214. The molecule has 0 aliphatic carbocycles. The van der Waals surface area contributed by atoms with Crippen molar-refractivity contribution in [3.63, 3.8) is 0 Å². The predicted molar refractivity (Wildman–Crippen MR) is 132 cm³/mol. The second-order valence-electron chi connectivity index (χ2n) is 7.45. The summed E-state index contributed by atoms with van der Waals surface area (Å²) >= 11 is 0. The Balaban J connectivity index is 0.00000341. The van der Waals surface area contributed by atoms with Gasteiger partial charge in [0.2, 0.25) is 0 Å². The average Bonchev–Trinajstić information content (AvgIpc) is 3.18. The van der Waals surface area contributed by atoms with Crippen LogP contribution >= 0.6 is 24.0 Å². The van der Waals surface area contributed by atoms with Crippen LogP contribution in [0, 0.1) is 12.7 Å². The number of carbonyl (C=O) groups excluding carboxylic acids is 1. The fourth-order valence-electron chi connectivity index (χ4n) is 3.57. The van der Waals surface area contributed by atoms with Gasteiger partial charge in [0.15, 0.2) is 11.7 Å². The van der Waals surface area contributed by atoms with Gasteiger partial charge in [0.25, 0.3) is 5.91 Å². The highest BCUT2D eigenvalue weighted by molar-refractivity contribution is 14.0. The largest absolute Gasteiger partial charge is 0.459 e. The number of guanidine groups is 1. The van der Waals surface area contributed by atoms with Crippen molar-refractivity contribution in [2.45, 2.75) is 32.2 Å². The lowest BCUT2D eigenvalue weighted by atomic mass is 10.0. The van der Waals surface area contributed by atoms with Gasteiger partial charge in [-0.25, -0.2) is 4.39 Å². The Morgan fingerprint density at radius 1 is 1.29 bits per heavy atom. The first-order valence-electron chi connectivity index (χ1n) is 10.4. The topological polar surface area (TPSA) is 81.9 Å². The molecular weight excluding hydrogens is 512 g/mol. The molecule has 1 fully saturated rings. The second kappa shape index (κ2) is 12.5. The first-order valence-corrected chi connectivity index (χ1v) is 10.4. The molecule has 1 aliphatic rings. The van der Waals surface area contributed by atoms with Crippen molar-refractivity contribution < 1.29 is 13.6 Å². The highest BCUT2D eigenvalue weighted by Crippen LogP contribution is 2.20. The molecule has 0 saturated carbocycles. The van der Waals surface area contributed by atoms with E-state index in [1.165, 1.54) is 12.3 Å². The summed E-state index contributed by atoms with van der Waals surface area (Å²) in [4.78, 5) is 18.5. The number of aliphatic imine (C=N–C) groups is 1. The minimum absolute atomic E-state index is 0. The maximum Gasteiger partial charge on any atom is 0.287 e. The number of rotatable bonds is 7. The van der Waals surface area contributed by atoms with E-state index in [0.29, 0.717) is 18.8 Å². The molecule has 7 nitrogen and oxygen atoms in total. The molecule has 31 heavy (non-hydrogen) atoms. The number of hydrogen-bond acceptors (Lipinski definition) is 4. The van der Waals surface area contributed by atoms with Gasteiger partial charge >= 0.3 is 0 Å². The number of piperidine rings is 1. The zero-order valence-corrected chi connectivity index (χ0v) is 20.3. The Morgan fingerprint density at radius 2 is 2.10 bits per heavy atom. The van der Waals surface area contributed by atoms with Gasteiger partial charge in [0, 0.05) is 50.5 Å². The van der Waals surface area contributed by atoms with E-state index in [1.54, 1.807) is 25.2 Å². The molecule has 1 aromatic heterocycles. The van der Waals surface area contributed by atoms with Gasteiger partial charge < -0.3 is 25.3 Å². The zero-order chi connectivity index (χ0) is 21.3. The summed E-state index contributed by atoms with van der Waals surface area (Å²) in [5, 5.41) is 9.59. The molecule has 3 N–H and O–H groups in total. The third-order valence-electron chi connectivity index (χ3n) is 5.16. The summed E-state index contributed by atoms with van der Waals surface area (Å²) in [6.07, 6.45) is 4.34. The van der Waals surface area contributed by atoms with Crippen LogP contribution in [-0.4, -0.2) is 51.1 Å². The lowest BCUT2D eigenvalue weighted by molar-refractivity contribution is 0.0925. The number of anilines is 1. The number of amides is 1. The van der Waals surface area contributed by atoms with E-state index in [4.69, 9.17) is 4.42 Å². The Labute approximate surface area is 199 Å². The van der Waals surface area contributed by atoms with Gasteiger partial charge in [-0.1, -0.05) is 6.07 Å². The summed E-state index contributed by atoms with van der Waals surface area (Å²) in [6.45, 7) is 4.78. The standard InChI is InChI=1S/C22H30FN5O2.HI/c1-16-9-13-30-20(16)21(29)25-10-5-11-26-22(24-2)27-18-7-4-12-28(15-18)19-8-3-6-17(23)14-19;/h3,6,8-9,13-14,18H,4-5,7,10-12,15H2,1-2H3,(H,25,29)(H2,24,26,27);1H. The molecule has 2 heterocycles. The van der Waals surface area contributed by atoms with Crippen molar-refractivity contribution in [1.29, 1.82) is 0 Å². The van der Waals surface area contributed by atoms with E-state index in [9.17, 15) is 9.18 Å². The predicted octanol–water partition coefficient (Wildman–Crippen LogP) is 3.30. The summed E-state index contributed by atoms with van der Waals surface area (Å²) in [5.41, 5.74) is 1.74. The Bertz CT molecular complexity index is 873. The van der Waals surface area contributed by atoms with E-state index in [2.05, 4.69) is 25.8 Å². The van der Waals surface area contributed by atoms with Crippen molar-refractivity contribution >= 4 is 41.5 Å². The monoisotopic (exact) mass is 543 g/mol. The van der Waals surface area contributed by atoms with Crippen LogP contribution in [0.4, 0.5) is 10.1 Å². The normalized spacial score (nSPS) is 16.4. The quantitative estimate of drug-likeness (QED) is 0.216. The van der Waals surface area contributed by atoms with Crippen LogP contribution in [0.25, 0.3) is 0 Å². The van der Waals surface area contributed by atoms with E-state index in [-0.39, 0.29) is 41.7 Å². The van der Waals surface area contributed by atoms with Crippen molar-refractivity contribution in [3.8, 4) is 0 Å². The van der Waals surface area contributed by atoms with Gasteiger partial charge in [-0.05, 0) is 50.5 Å². The number of nitrogens with one attached hydrogen (secondary N) is 3. The number of halogens is 2. The molecular formula is C22H31FIN5O2. The Morgan fingerprint density at radius 3 is 2.81 bits per heavy atom. The first-order chi connectivity index (χ1) is 14.6. The molecule has 1 amide bonds. The minimum Gasteiger partial charge on any atom is -0.459 e. The van der Waals surface area contributed by atoms with Crippen molar-refractivity contribution in [2.75, 3.05) is 38.1 Å². The third-order valence-corrected chi connectivity index (χ3v) is 5.16. The van der Waals surface area contributed by atoms with Crippen LogP contribution in [0.15, 0.2) is 46.0 Å². The molecule has 0 bridgehead atoms. The van der Waals surface area contributed by atoms with Crippen LogP contribution in [0.2, 0.25) is 0 Å². The highest BCUT2D eigenvalue weighted by Gasteiger charge is 2.21. The number of hydrogen-bond donors (Lipinski definition) is 3. The average molecular weight is 543 g/mol. The molecule has 1 aromatic carbocycles. The summed E-state index contributed by atoms with van der Waals surface area (Å²) in [7, 11) is 1.74. The fourth-order valence-corrected chi connectivity index (χ4v) is 3.57.